The first-order valence-corrected chi connectivity index (χ1v) is 22.1. The predicted octanol–water partition coefficient (Wildman–Crippen LogP) is 13.8. The van der Waals surface area contributed by atoms with Crippen LogP contribution in [-0.2, 0) is 10.8 Å². The Bertz CT molecular complexity index is 1120. The van der Waals surface area contributed by atoms with E-state index in [1.807, 2.05) is 24.3 Å². The second-order valence-electron chi connectivity index (χ2n) is 14.3. The predicted molar refractivity (Wildman–Crippen MR) is 212 cm³/mol. The molecule has 0 amide bonds. The van der Waals surface area contributed by atoms with E-state index in [-0.39, 0.29) is 0 Å². The molecule has 0 bridgehead atoms. The van der Waals surface area contributed by atoms with Gasteiger partial charge in [0, 0.05) is 11.1 Å². The third kappa shape index (κ3) is 14.4. The van der Waals surface area contributed by atoms with Gasteiger partial charge in [-0.05, 0) is 49.9 Å². The Hall–Kier alpha value is -2.21. The standard InChI is InChI=1S/C44H72O5S/c1-5-9-13-17-21-25-33-46-37-29-31-39-41(43(37)48-35-27-23-19-15-11-7-3)42-40(50(39)45)32-30-38(47-34-26-22-18-14-10-6-2)44(42)49-36-28-24-20-16-12-8-4/h29-32H,5-28,33-36H2,1-4H3. The average molecular weight is 713 g/mol. The van der Waals surface area contributed by atoms with E-state index in [2.05, 4.69) is 27.7 Å². The van der Waals surface area contributed by atoms with Crippen LogP contribution in [0.3, 0.4) is 0 Å². The number of hydrogen-bond donors (Lipinski definition) is 0. The van der Waals surface area contributed by atoms with E-state index in [1.165, 1.54) is 116 Å². The van der Waals surface area contributed by atoms with Gasteiger partial charge in [0.1, 0.15) is 0 Å². The lowest BCUT2D eigenvalue weighted by molar-refractivity contribution is 0.255. The molecule has 0 saturated heterocycles. The lowest BCUT2D eigenvalue weighted by atomic mass is 10.0. The zero-order valence-electron chi connectivity index (χ0n) is 32.6. The number of benzene rings is 2. The van der Waals surface area contributed by atoms with Crippen molar-refractivity contribution in [3.63, 3.8) is 0 Å². The minimum absolute atomic E-state index is 0.611. The molecule has 2 aromatic rings. The minimum atomic E-state index is -1.33. The zero-order valence-corrected chi connectivity index (χ0v) is 33.4. The Kier molecular flexibility index (Phi) is 22.4. The minimum Gasteiger partial charge on any atom is -0.490 e. The molecule has 2 aromatic carbocycles. The van der Waals surface area contributed by atoms with Crippen molar-refractivity contribution in [2.24, 2.45) is 0 Å². The second-order valence-corrected chi connectivity index (χ2v) is 15.7. The summed E-state index contributed by atoms with van der Waals surface area (Å²) in [7, 11) is -1.33. The third-order valence-corrected chi connectivity index (χ3v) is 11.3. The molecule has 0 aromatic heterocycles. The van der Waals surface area contributed by atoms with E-state index in [4.69, 9.17) is 18.9 Å². The molecule has 1 aliphatic heterocycles. The summed E-state index contributed by atoms with van der Waals surface area (Å²) in [4.78, 5) is 1.56. The van der Waals surface area contributed by atoms with Crippen LogP contribution in [0.5, 0.6) is 23.0 Å². The van der Waals surface area contributed by atoms with E-state index < -0.39 is 10.8 Å². The molecular formula is C44H72O5S. The smallest absolute Gasteiger partial charge is 0.170 e. The highest BCUT2D eigenvalue weighted by Crippen LogP contribution is 2.55. The van der Waals surface area contributed by atoms with Crippen molar-refractivity contribution >= 4 is 10.8 Å². The van der Waals surface area contributed by atoms with Crippen LogP contribution in [0, 0.1) is 0 Å². The lowest BCUT2D eigenvalue weighted by Gasteiger charge is -2.20. The molecule has 0 spiro atoms. The Morgan fingerprint density at radius 3 is 0.980 bits per heavy atom. The average Bonchev–Trinajstić information content (AvgIpc) is 3.42. The quantitative estimate of drug-likeness (QED) is 0.0603. The summed E-state index contributed by atoms with van der Waals surface area (Å²) in [6.45, 7) is 11.5. The van der Waals surface area contributed by atoms with Gasteiger partial charge in [-0.15, -0.1) is 0 Å². The maximum absolute atomic E-state index is 14.1. The van der Waals surface area contributed by atoms with Gasteiger partial charge in [0.2, 0.25) is 0 Å². The van der Waals surface area contributed by atoms with Crippen LogP contribution in [0.4, 0.5) is 0 Å². The van der Waals surface area contributed by atoms with Gasteiger partial charge in [0.25, 0.3) is 0 Å². The third-order valence-electron chi connectivity index (χ3n) is 9.82. The highest BCUT2D eigenvalue weighted by atomic mass is 32.2. The lowest BCUT2D eigenvalue weighted by Crippen LogP contribution is -2.06. The summed E-state index contributed by atoms with van der Waals surface area (Å²) in [5.74, 6) is 2.92. The molecule has 1 heterocycles. The molecule has 5 nitrogen and oxygen atoms in total. The summed E-state index contributed by atoms with van der Waals surface area (Å²) in [5, 5.41) is 0. The van der Waals surface area contributed by atoms with Crippen molar-refractivity contribution in [3.05, 3.63) is 24.3 Å². The van der Waals surface area contributed by atoms with Crippen molar-refractivity contribution in [1.82, 2.24) is 0 Å². The number of hydrogen-bond acceptors (Lipinski definition) is 5. The Balaban J connectivity index is 1.88. The van der Waals surface area contributed by atoms with Crippen molar-refractivity contribution in [2.75, 3.05) is 26.4 Å². The van der Waals surface area contributed by atoms with Crippen LogP contribution >= 0.6 is 0 Å². The molecule has 0 atom stereocenters. The molecule has 284 valence electrons. The van der Waals surface area contributed by atoms with Crippen molar-refractivity contribution in [2.45, 2.75) is 192 Å². The summed E-state index contributed by atoms with van der Waals surface area (Å²) in [6, 6.07) is 7.91. The number of rotatable bonds is 32. The molecule has 0 saturated carbocycles. The second kappa shape index (κ2) is 26.5. The van der Waals surface area contributed by atoms with Gasteiger partial charge in [-0.25, -0.2) is 4.21 Å². The molecule has 0 N–H and O–H groups in total. The first-order chi connectivity index (χ1) is 24.7. The van der Waals surface area contributed by atoms with Crippen molar-refractivity contribution in [3.8, 4) is 34.1 Å². The van der Waals surface area contributed by atoms with Crippen LogP contribution < -0.4 is 18.9 Å². The maximum Gasteiger partial charge on any atom is 0.170 e. The van der Waals surface area contributed by atoms with Gasteiger partial charge in [0.05, 0.1) is 47.0 Å². The van der Waals surface area contributed by atoms with E-state index in [0.717, 1.165) is 70.9 Å². The number of ether oxygens (including phenoxy) is 4. The molecule has 3 rings (SSSR count). The monoisotopic (exact) mass is 713 g/mol. The van der Waals surface area contributed by atoms with Gasteiger partial charge >= 0.3 is 0 Å². The van der Waals surface area contributed by atoms with Crippen LogP contribution in [-0.4, -0.2) is 30.6 Å². The summed E-state index contributed by atoms with van der Waals surface area (Å²) in [5.41, 5.74) is 1.74. The van der Waals surface area contributed by atoms with E-state index in [9.17, 15) is 4.21 Å². The first-order valence-electron chi connectivity index (χ1n) is 20.9. The fourth-order valence-electron chi connectivity index (χ4n) is 6.75. The SMILES string of the molecule is CCCCCCCCOc1ccc2c(c1OCCCCCCCC)-c1c(ccc(OCCCCCCCC)c1OCCCCCCCC)S2=O. The normalized spacial score (nSPS) is 12.2. The molecule has 0 unspecified atom stereocenters. The van der Waals surface area contributed by atoms with Gasteiger partial charge in [-0.1, -0.05) is 156 Å². The summed E-state index contributed by atoms with van der Waals surface area (Å²) >= 11 is 0. The van der Waals surface area contributed by atoms with Crippen molar-refractivity contribution in [1.29, 1.82) is 0 Å². The van der Waals surface area contributed by atoms with E-state index >= 15 is 0 Å². The number of unbranched alkanes of at least 4 members (excludes halogenated alkanes) is 20. The maximum atomic E-state index is 14.1. The van der Waals surface area contributed by atoms with Crippen LogP contribution in [0.2, 0.25) is 0 Å². The Labute approximate surface area is 309 Å². The molecular weight excluding hydrogens is 641 g/mol. The van der Waals surface area contributed by atoms with Gasteiger partial charge in [-0.2, -0.15) is 0 Å². The zero-order chi connectivity index (χ0) is 35.7. The molecule has 6 heteroatoms. The van der Waals surface area contributed by atoms with Gasteiger partial charge in [0.15, 0.2) is 23.0 Å². The van der Waals surface area contributed by atoms with Crippen LogP contribution in [0.15, 0.2) is 34.1 Å². The first kappa shape index (κ1) is 42.2. The molecule has 0 aliphatic carbocycles. The topological polar surface area (TPSA) is 54.0 Å². The van der Waals surface area contributed by atoms with Crippen molar-refractivity contribution < 1.29 is 23.2 Å². The fourth-order valence-corrected chi connectivity index (χ4v) is 8.13. The largest absolute Gasteiger partial charge is 0.490 e. The molecule has 50 heavy (non-hydrogen) atoms. The summed E-state index contributed by atoms with van der Waals surface area (Å²) in [6.07, 6.45) is 28.9. The highest BCUT2D eigenvalue weighted by Gasteiger charge is 2.35. The van der Waals surface area contributed by atoms with E-state index in [0.29, 0.717) is 37.9 Å². The van der Waals surface area contributed by atoms with Crippen LogP contribution in [0.1, 0.15) is 182 Å². The highest BCUT2D eigenvalue weighted by molar-refractivity contribution is 7.85. The van der Waals surface area contributed by atoms with Crippen LogP contribution in [0.25, 0.3) is 11.1 Å². The van der Waals surface area contributed by atoms with E-state index in [1.54, 1.807) is 0 Å². The fraction of sp³-hybridized carbons (Fsp3) is 0.727. The number of fused-ring (bicyclic) bond motifs is 3. The summed E-state index contributed by atoms with van der Waals surface area (Å²) < 4.78 is 40.3. The molecule has 0 radical (unpaired) electrons. The Morgan fingerprint density at radius 2 is 0.660 bits per heavy atom. The van der Waals surface area contributed by atoms with Gasteiger partial charge < -0.3 is 18.9 Å². The molecule has 1 aliphatic rings. The molecule has 0 fully saturated rings. The Morgan fingerprint density at radius 1 is 0.380 bits per heavy atom. The van der Waals surface area contributed by atoms with Gasteiger partial charge in [-0.3, -0.25) is 0 Å².